The summed E-state index contributed by atoms with van der Waals surface area (Å²) in [4.78, 5) is 0. The standard InChI is InChI=1S/C7H9BN2O2/c9-10-5-6-3-1-2-4-7(6)8(11)12/h1-5,11-12H,9H2. The van der Waals surface area contributed by atoms with Crippen LogP contribution in [0.25, 0.3) is 0 Å². The quantitative estimate of drug-likeness (QED) is 0.219. The van der Waals surface area contributed by atoms with Gasteiger partial charge in [0, 0.05) is 0 Å². The molecule has 4 N–H and O–H groups in total. The van der Waals surface area contributed by atoms with Gasteiger partial charge in [-0.15, -0.1) is 0 Å². The molecule has 0 aromatic heterocycles. The molecule has 0 bridgehead atoms. The third kappa shape index (κ3) is 1.84. The topological polar surface area (TPSA) is 78.8 Å². The highest BCUT2D eigenvalue weighted by Gasteiger charge is 2.13. The molecule has 0 amide bonds. The fraction of sp³-hybridized carbons (Fsp3) is 0. The van der Waals surface area contributed by atoms with Gasteiger partial charge in [-0.2, -0.15) is 5.10 Å². The van der Waals surface area contributed by atoms with Crippen LogP contribution in [0.4, 0.5) is 0 Å². The molecule has 0 atom stereocenters. The van der Waals surface area contributed by atoms with Crippen LogP contribution in [-0.4, -0.2) is 23.4 Å². The first-order chi connectivity index (χ1) is 5.75. The lowest BCUT2D eigenvalue weighted by Gasteiger charge is -2.01. The number of rotatable bonds is 2. The van der Waals surface area contributed by atoms with Crippen molar-refractivity contribution in [3.63, 3.8) is 0 Å². The number of hydrogen-bond acceptors (Lipinski definition) is 4. The molecule has 0 saturated carbocycles. The van der Waals surface area contributed by atoms with E-state index < -0.39 is 7.12 Å². The average Bonchev–Trinajstić information content (AvgIpc) is 2.05. The summed E-state index contributed by atoms with van der Waals surface area (Å²) < 4.78 is 0. The Morgan fingerprint density at radius 2 is 2.00 bits per heavy atom. The van der Waals surface area contributed by atoms with Gasteiger partial charge in [0.1, 0.15) is 0 Å². The molecule has 62 valence electrons. The first-order valence-corrected chi connectivity index (χ1v) is 3.44. The van der Waals surface area contributed by atoms with Crippen molar-refractivity contribution in [3.8, 4) is 0 Å². The van der Waals surface area contributed by atoms with E-state index in [4.69, 9.17) is 15.9 Å². The van der Waals surface area contributed by atoms with Crippen molar-refractivity contribution in [2.24, 2.45) is 10.9 Å². The van der Waals surface area contributed by atoms with E-state index in [2.05, 4.69) is 5.10 Å². The fourth-order valence-corrected chi connectivity index (χ4v) is 0.944. The Kier molecular flexibility index (Phi) is 2.84. The van der Waals surface area contributed by atoms with Crippen LogP contribution < -0.4 is 11.3 Å². The smallest absolute Gasteiger partial charge is 0.423 e. The van der Waals surface area contributed by atoms with Gasteiger partial charge < -0.3 is 15.9 Å². The van der Waals surface area contributed by atoms with E-state index in [-0.39, 0.29) is 0 Å². The molecule has 0 aliphatic carbocycles. The van der Waals surface area contributed by atoms with Crippen LogP contribution in [-0.2, 0) is 0 Å². The third-order valence-electron chi connectivity index (χ3n) is 1.49. The van der Waals surface area contributed by atoms with E-state index in [9.17, 15) is 0 Å². The molecule has 0 spiro atoms. The molecular weight excluding hydrogens is 155 g/mol. The fourth-order valence-electron chi connectivity index (χ4n) is 0.944. The van der Waals surface area contributed by atoms with Gasteiger partial charge in [-0.3, -0.25) is 0 Å². The molecule has 12 heavy (non-hydrogen) atoms. The monoisotopic (exact) mass is 164 g/mol. The molecule has 0 fully saturated rings. The van der Waals surface area contributed by atoms with E-state index in [0.717, 1.165) is 0 Å². The van der Waals surface area contributed by atoms with Gasteiger partial charge >= 0.3 is 7.12 Å². The summed E-state index contributed by atoms with van der Waals surface area (Å²) in [5.74, 6) is 4.94. The van der Waals surface area contributed by atoms with Gasteiger partial charge in [-0.1, -0.05) is 24.3 Å². The summed E-state index contributed by atoms with van der Waals surface area (Å²) in [6.07, 6.45) is 1.37. The molecule has 1 aromatic carbocycles. The molecule has 0 aliphatic heterocycles. The van der Waals surface area contributed by atoms with Crippen LogP contribution >= 0.6 is 0 Å². The minimum absolute atomic E-state index is 0.395. The summed E-state index contributed by atoms with van der Waals surface area (Å²) >= 11 is 0. The molecule has 0 aliphatic rings. The summed E-state index contributed by atoms with van der Waals surface area (Å²) in [6, 6.07) is 6.78. The SMILES string of the molecule is NN=Cc1ccccc1B(O)O. The average molecular weight is 164 g/mol. The highest BCUT2D eigenvalue weighted by atomic mass is 16.4. The zero-order valence-electron chi connectivity index (χ0n) is 6.38. The molecule has 0 heterocycles. The number of nitrogens with zero attached hydrogens (tertiary/aromatic N) is 1. The van der Waals surface area contributed by atoms with Crippen molar-refractivity contribution in [3.05, 3.63) is 29.8 Å². The number of hydrazone groups is 1. The van der Waals surface area contributed by atoms with Crippen molar-refractivity contribution in [2.75, 3.05) is 0 Å². The van der Waals surface area contributed by atoms with Crippen LogP contribution in [0.3, 0.4) is 0 Å². The Labute approximate surface area is 70.5 Å². The number of hydrogen-bond donors (Lipinski definition) is 3. The molecule has 0 unspecified atom stereocenters. The predicted octanol–water partition coefficient (Wildman–Crippen LogP) is -1.34. The molecule has 1 aromatic rings. The Balaban J connectivity index is 3.08. The zero-order valence-corrected chi connectivity index (χ0v) is 6.38. The minimum Gasteiger partial charge on any atom is -0.423 e. The summed E-state index contributed by atoms with van der Waals surface area (Å²) in [6.45, 7) is 0. The third-order valence-corrected chi connectivity index (χ3v) is 1.49. The van der Waals surface area contributed by atoms with E-state index in [1.807, 2.05) is 0 Å². The van der Waals surface area contributed by atoms with Gasteiger partial charge in [-0.25, -0.2) is 0 Å². The Hall–Kier alpha value is -1.33. The Morgan fingerprint density at radius 3 is 2.58 bits per heavy atom. The highest BCUT2D eigenvalue weighted by Crippen LogP contribution is 1.92. The maximum absolute atomic E-state index is 8.88. The first kappa shape index (κ1) is 8.77. The van der Waals surface area contributed by atoms with E-state index in [1.54, 1.807) is 24.3 Å². The van der Waals surface area contributed by atoms with Crippen molar-refractivity contribution < 1.29 is 10.0 Å². The molecule has 4 nitrogen and oxygen atoms in total. The van der Waals surface area contributed by atoms with Gasteiger partial charge in [0.15, 0.2) is 0 Å². The Bertz CT molecular complexity index is 288. The van der Waals surface area contributed by atoms with Gasteiger partial charge in [0.2, 0.25) is 0 Å². The number of nitrogens with two attached hydrogens (primary N) is 1. The maximum Gasteiger partial charge on any atom is 0.489 e. The largest absolute Gasteiger partial charge is 0.489 e. The van der Waals surface area contributed by atoms with Crippen LogP contribution in [0.15, 0.2) is 29.4 Å². The molecular formula is C7H9BN2O2. The second-order valence-electron chi connectivity index (χ2n) is 2.28. The lowest BCUT2D eigenvalue weighted by Crippen LogP contribution is -2.32. The van der Waals surface area contributed by atoms with E-state index in [1.165, 1.54) is 6.21 Å². The van der Waals surface area contributed by atoms with Crippen molar-refractivity contribution >= 4 is 18.8 Å². The summed E-state index contributed by atoms with van der Waals surface area (Å²) in [5, 5.41) is 21.1. The van der Waals surface area contributed by atoms with Crippen molar-refractivity contribution in [1.82, 2.24) is 0 Å². The zero-order chi connectivity index (χ0) is 8.97. The first-order valence-electron chi connectivity index (χ1n) is 3.44. The van der Waals surface area contributed by atoms with Crippen LogP contribution in [0, 0.1) is 0 Å². The van der Waals surface area contributed by atoms with Gasteiger partial charge in [-0.05, 0) is 11.0 Å². The highest BCUT2D eigenvalue weighted by molar-refractivity contribution is 6.60. The van der Waals surface area contributed by atoms with E-state index in [0.29, 0.717) is 11.0 Å². The second-order valence-corrected chi connectivity index (χ2v) is 2.28. The van der Waals surface area contributed by atoms with Crippen molar-refractivity contribution in [1.29, 1.82) is 0 Å². The van der Waals surface area contributed by atoms with E-state index >= 15 is 0 Å². The van der Waals surface area contributed by atoms with Crippen molar-refractivity contribution in [2.45, 2.75) is 0 Å². The number of benzene rings is 1. The van der Waals surface area contributed by atoms with Crippen LogP contribution in [0.1, 0.15) is 5.56 Å². The normalized spacial score (nSPS) is 10.5. The lowest BCUT2D eigenvalue weighted by atomic mass is 9.77. The lowest BCUT2D eigenvalue weighted by molar-refractivity contribution is 0.425. The predicted molar refractivity (Wildman–Crippen MR) is 48.0 cm³/mol. The molecule has 5 heteroatoms. The molecule has 1 rings (SSSR count). The van der Waals surface area contributed by atoms with Gasteiger partial charge in [0.05, 0.1) is 6.21 Å². The summed E-state index contributed by atoms with van der Waals surface area (Å²) in [5.41, 5.74) is 1.00. The maximum atomic E-state index is 8.88. The summed E-state index contributed by atoms with van der Waals surface area (Å²) in [7, 11) is -1.49. The van der Waals surface area contributed by atoms with Crippen LogP contribution in [0.2, 0.25) is 0 Å². The molecule has 0 radical (unpaired) electrons. The molecule has 0 saturated heterocycles. The van der Waals surface area contributed by atoms with Gasteiger partial charge in [0.25, 0.3) is 0 Å². The Morgan fingerprint density at radius 1 is 1.33 bits per heavy atom. The van der Waals surface area contributed by atoms with Crippen LogP contribution in [0.5, 0.6) is 0 Å². The minimum atomic E-state index is -1.49. The second kappa shape index (κ2) is 3.89.